The van der Waals surface area contributed by atoms with Gasteiger partial charge in [-0.2, -0.15) is 0 Å². The molecule has 0 radical (unpaired) electrons. The van der Waals surface area contributed by atoms with Crippen molar-refractivity contribution < 1.29 is 8.42 Å². The lowest BCUT2D eigenvalue weighted by Gasteiger charge is -2.09. The summed E-state index contributed by atoms with van der Waals surface area (Å²) < 4.78 is 23.0. The first-order valence-electron chi connectivity index (χ1n) is 5.43. The third kappa shape index (κ3) is 7.33. The fourth-order valence-corrected chi connectivity index (χ4v) is 2.89. The third-order valence-corrected chi connectivity index (χ3v) is 4.16. The molecular formula is C10H23NO2S. The van der Waals surface area contributed by atoms with Crippen LogP contribution in [0.15, 0.2) is 0 Å². The van der Waals surface area contributed by atoms with Gasteiger partial charge in [0, 0.05) is 6.54 Å². The van der Waals surface area contributed by atoms with E-state index in [1.165, 1.54) is 0 Å². The molecule has 0 aliphatic carbocycles. The Morgan fingerprint density at radius 3 is 2.36 bits per heavy atom. The van der Waals surface area contributed by atoms with E-state index in [2.05, 4.69) is 12.2 Å². The summed E-state index contributed by atoms with van der Waals surface area (Å²) in [6.45, 7) is 7.57. The Balaban J connectivity index is 3.73. The number of rotatable bonds is 8. The minimum absolute atomic E-state index is 0.275. The van der Waals surface area contributed by atoms with Crippen molar-refractivity contribution in [3.05, 3.63) is 0 Å². The zero-order valence-electron chi connectivity index (χ0n) is 9.54. The molecule has 14 heavy (non-hydrogen) atoms. The molecule has 1 unspecified atom stereocenters. The Morgan fingerprint density at radius 2 is 1.86 bits per heavy atom. The third-order valence-electron chi connectivity index (χ3n) is 2.25. The summed E-state index contributed by atoms with van der Waals surface area (Å²) in [6, 6.07) is 0. The highest BCUT2D eigenvalue weighted by molar-refractivity contribution is 7.91. The Morgan fingerprint density at radius 1 is 1.21 bits per heavy atom. The van der Waals surface area contributed by atoms with Crippen LogP contribution in [0.1, 0.15) is 33.6 Å². The minimum atomic E-state index is -2.84. The smallest absolute Gasteiger partial charge is 0.151 e. The lowest BCUT2D eigenvalue weighted by molar-refractivity contribution is 0.560. The minimum Gasteiger partial charge on any atom is -0.316 e. The standard InChI is InChI=1S/C10H23NO2S/c1-4-6-11-7-8-14(12,13)9-10(3)5-2/h10-11H,4-9H2,1-3H3. The molecule has 1 atom stereocenters. The zero-order chi connectivity index (χ0) is 11.0. The fourth-order valence-electron chi connectivity index (χ4n) is 1.16. The molecule has 0 saturated heterocycles. The van der Waals surface area contributed by atoms with Crippen molar-refractivity contribution in [2.24, 2.45) is 5.92 Å². The summed E-state index contributed by atoms with van der Waals surface area (Å²) >= 11 is 0. The summed E-state index contributed by atoms with van der Waals surface area (Å²) in [5.74, 6) is 0.889. The molecule has 0 aromatic rings. The van der Waals surface area contributed by atoms with E-state index in [1.807, 2.05) is 13.8 Å². The maximum absolute atomic E-state index is 11.5. The van der Waals surface area contributed by atoms with E-state index in [1.54, 1.807) is 0 Å². The van der Waals surface area contributed by atoms with Gasteiger partial charge in [0.1, 0.15) is 0 Å². The largest absolute Gasteiger partial charge is 0.316 e. The molecule has 0 saturated carbocycles. The van der Waals surface area contributed by atoms with E-state index < -0.39 is 9.84 Å². The summed E-state index contributed by atoms with van der Waals surface area (Å²) in [6.07, 6.45) is 1.98. The maximum Gasteiger partial charge on any atom is 0.151 e. The van der Waals surface area contributed by atoms with E-state index in [0.29, 0.717) is 12.3 Å². The second kappa shape index (κ2) is 7.23. The van der Waals surface area contributed by atoms with Gasteiger partial charge in [-0.3, -0.25) is 0 Å². The molecule has 0 bridgehead atoms. The van der Waals surface area contributed by atoms with Crippen molar-refractivity contribution in [2.45, 2.75) is 33.6 Å². The van der Waals surface area contributed by atoms with Gasteiger partial charge in [0.2, 0.25) is 0 Å². The van der Waals surface area contributed by atoms with Gasteiger partial charge in [-0.05, 0) is 18.9 Å². The van der Waals surface area contributed by atoms with Gasteiger partial charge in [-0.15, -0.1) is 0 Å². The van der Waals surface area contributed by atoms with Crippen LogP contribution in [0.4, 0.5) is 0 Å². The second-order valence-corrected chi connectivity index (χ2v) is 6.11. The van der Waals surface area contributed by atoms with Crippen molar-refractivity contribution >= 4 is 9.84 Å². The molecule has 0 spiro atoms. The van der Waals surface area contributed by atoms with Gasteiger partial charge < -0.3 is 5.32 Å². The Kier molecular flexibility index (Phi) is 7.19. The lowest BCUT2D eigenvalue weighted by Crippen LogP contribution is -2.26. The topological polar surface area (TPSA) is 46.2 Å². The number of sulfone groups is 1. The van der Waals surface area contributed by atoms with Crippen molar-refractivity contribution in [3.8, 4) is 0 Å². The molecule has 0 aliphatic rings. The van der Waals surface area contributed by atoms with Crippen LogP contribution in [0.2, 0.25) is 0 Å². The molecule has 0 aliphatic heterocycles. The van der Waals surface area contributed by atoms with Gasteiger partial charge in [0.05, 0.1) is 11.5 Å². The monoisotopic (exact) mass is 221 g/mol. The first-order valence-corrected chi connectivity index (χ1v) is 7.25. The summed E-state index contributed by atoms with van der Waals surface area (Å²) in [7, 11) is -2.84. The molecule has 0 fully saturated rings. The van der Waals surface area contributed by atoms with Crippen molar-refractivity contribution in [1.29, 1.82) is 0 Å². The van der Waals surface area contributed by atoms with Crippen molar-refractivity contribution in [3.63, 3.8) is 0 Å². The van der Waals surface area contributed by atoms with Crippen molar-refractivity contribution in [1.82, 2.24) is 5.32 Å². The van der Waals surface area contributed by atoms with Crippen LogP contribution in [-0.4, -0.2) is 33.0 Å². The van der Waals surface area contributed by atoms with Crippen LogP contribution >= 0.6 is 0 Å². The van der Waals surface area contributed by atoms with E-state index in [4.69, 9.17) is 0 Å². The van der Waals surface area contributed by atoms with Gasteiger partial charge in [0.15, 0.2) is 9.84 Å². The second-order valence-electron chi connectivity index (χ2n) is 3.88. The SMILES string of the molecule is CCCNCCS(=O)(=O)CC(C)CC. The van der Waals surface area contributed by atoms with Crippen LogP contribution in [0, 0.1) is 5.92 Å². The highest BCUT2D eigenvalue weighted by Gasteiger charge is 2.13. The summed E-state index contributed by atoms with van der Waals surface area (Å²) in [5, 5.41) is 3.10. The highest BCUT2D eigenvalue weighted by atomic mass is 32.2. The van der Waals surface area contributed by atoms with Gasteiger partial charge in [0.25, 0.3) is 0 Å². The van der Waals surface area contributed by atoms with E-state index in [9.17, 15) is 8.42 Å². The predicted molar refractivity (Wildman–Crippen MR) is 61.3 cm³/mol. The average molecular weight is 221 g/mol. The normalized spacial score (nSPS) is 14.2. The lowest BCUT2D eigenvalue weighted by atomic mass is 10.2. The van der Waals surface area contributed by atoms with Gasteiger partial charge in [-0.25, -0.2) is 8.42 Å². The summed E-state index contributed by atoms with van der Waals surface area (Å²) in [4.78, 5) is 0. The Hall–Kier alpha value is -0.0900. The van der Waals surface area contributed by atoms with E-state index in [-0.39, 0.29) is 11.7 Å². The fraction of sp³-hybridized carbons (Fsp3) is 1.00. The van der Waals surface area contributed by atoms with E-state index in [0.717, 1.165) is 19.4 Å². The van der Waals surface area contributed by atoms with Crippen LogP contribution < -0.4 is 5.32 Å². The molecule has 0 aromatic heterocycles. The van der Waals surface area contributed by atoms with Crippen LogP contribution in [0.5, 0.6) is 0 Å². The zero-order valence-corrected chi connectivity index (χ0v) is 10.4. The maximum atomic E-state index is 11.5. The van der Waals surface area contributed by atoms with Crippen molar-refractivity contribution in [2.75, 3.05) is 24.6 Å². The summed E-state index contributed by atoms with van der Waals surface area (Å²) in [5.41, 5.74) is 0. The van der Waals surface area contributed by atoms with Crippen LogP contribution in [0.3, 0.4) is 0 Å². The highest BCUT2D eigenvalue weighted by Crippen LogP contribution is 2.05. The average Bonchev–Trinajstić information content (AvgIpc) is 2.12. The van der Waals surface area contributed by atoms with Gasteiger partial charge in [-0.1, -0.05) is 27.2 Å². The van der Waals surface area contributed by atoms with Crippen LogP contribution in [0.25, 0.3) is 0 Å². The predicted octanol–water partition coefficient (Wildman–Crippen LogP) is 1.45. The number of hydrogen-bond donors (Lipinski definition) is 1. The molecule has 3 nitrogen and oxygen atoms in total. The number of hydrogen-bond acceptors (Lipinski definition) is 3. The van der Waals surface area contributed by atoms with Crippen LogP contribution in [-0.2, 0) is 9.84 Å². The molecule has 0 heterocycles. The Labute approximate surface area is 88.2 Å². The van der Waals surface area contributed by atoms with Gasteiger partial charge >= 0.3 is 0 Å². The Bertz CT molecular complexity index is 224. The molecule has 86 valence electrons. The molecule has 0 amide bonds. The molecule has 1 N–H and O–H groups in total. The number of nitrogens with one attached hydrogen (secondary N) is 1. The molecule has 4 heteroatoms. The first-order chi connectivity index (χ1) is 6.52. The molecule has 0 aromatic carbocycles. The first kappa shape index (κ1) is 13.9. The van der Waals surface area contributed by atoms with E-state index >= 15 is 0 Å². The molecule has 0 rings (SSSR count). The quantitative estimate of drug-likeness (QED) is 0.631. The molecular weight excluding hydrogens is 198 g/mol.